The van der Waals surface area contributed by atoms with Gasteiger partial charge >= 0.3 is 0 Å². The van der Waals surface area contributed by atoms with Crippen LogP contribution in [0.3, 0.4) is 0 Å². The van der Waals surface area contributed by atoms with Gasteiger partial charge in [-0.15, -0.1) is 11.8 Å². The molecule has 1 aromatic rings. The molecule has 1 N–H and O–H groups in total. The van der Waals surface area contributed by atoms with Gasteiger partial charge in [0.25, 0.3) is 0 Å². The van der Waals surface area contributed by atoms with E-state index >= 15 is 0 Å². The quantitative estimate of drug-likeness (QED) is 0.589. The molecule has 0 aromatic carbocycles. The lowest BCUT2D eigenvalue weighted by atomic mass is 10.3. The molecular weight excluding hydrogens is 228 g/mol. The molecule has 2 nitrogen and oxygen atoms in total. The Balaban J connectivity index is 2.07. The van der Waals surface area contributed by atoms with E-state index in [-0.39, 0.29) is 0 Å². The van der Waals surface area contributed by atoms with Crippen molar-refractivity contribution in [2.75, 3.05) is 18.8 Å². The Hall–Kier alpha value is -0.250. The molecule has 0 saturated carbocycles. The van der Waals surface area contributed by atoms with Crippen molar-refractivity contribution in [3.05, 3.63) is 23.4 Å². The highest BCUT2D eigenvalue weighted by molar-refractivity contribution is 7.99. The van der Waals surface area contributed by atoms with Gasteiger partial charge < -0.3 is 5.32 Å². The summed E-state index contributed by atoms with van der Waals surface area (Å²) in [7, 11) is 0. The summed E-state index contributed by atoms with van der Waals surface area (Å²) in [6.07, 6.45) is 4.15. The molecule has 0 saturated heterocycles. The van der Waals surface area contributed by atoms with Gasteiger partial charge in [-0.2, -0.15) is 0 Å². The maximum absolute atomic E-state index is 5.75. The molecule has 0 fully saturated rings. The van der Waals surface area contributed by atoms with Gasteiger partial charge in [0.15, 0.2) is 0 Å². The molecule has 0 atom stereocenters. The van der Waals surface area contributed by atoms with Gasteiger partial charge in [0.2, 0.25) is 0 Å². The van der Waals surface area contributed by atoms with E-state index in [0.717, 1.165) is 23.9 Å². The van der Waals surface area contributed by atoms with Crippen LogP contribution in [-0.2, 0) is 0 Å². The first-order chi connectivity index (χ1) is 7.33. The van der Waals surface area contributed by atoms with Crippen LogP contribution in [-0.4, -0.2) is 23.8 Å². The van der Waals surface area contributed by atoms with Gasteiger partial charge in [-0.3, -0.25) is 0 Å². The fraction of sp³-hybridized carbons (Fsp3) is 0.545. The fourth-order valence-corrected chi connectivity index (χ4v) is 2.11. The van der Waals surface area contributed by atoms with Gasteiger partial charge in [0.05, 0.1) is 10.0 Å². The molecule has 1 heterocycles. The summed E-state index contributed by atoms with van der Waals surface area (Å²) >= 11 is 7.54. The highest BCUT2D eigenvalue weighted by Gasteiger charge is 1.95. The van der Waals surface area contributed by atoms with E-state index in [0.29, 0.717) is 5.02 Å². The SMILES string of the molecule is CCNCCCCSc1ccc(Cl)cn1. The molecule has 0 spiro atoms. The van der Waals surface area contributed by atoms with Gasteiger partial charge in [-0.1, -0.05) is 18.5 Å². The van der Waals surface area contributed by atoms with Crippen LogP contribution >= 0.6 is 23.4 Å². The number of rotatable bonds is 7. The summed E-state index contributed by atoms with van der Waals surface area (Å²) in [6.45, 7) is 4.31. The number of unbranched alkanes of at least 4 members (excludes halogenated alkanes) is 1. The van der Waals surface area contributed by atoms with Crippen molar-refractivity contribution < 1.29 is 0 Å². The molecule has 0 radical (unpaired) electrons. The van der Waals surface area contributed by atoms with Crippen LogP contribution < -0.4 is 5.32 Å². The first kappa shape index (κ1) is 12.8. The third-order valence-corrected chi connectivity index (χ3v) is 3.20. The first-order valence-corrected chi connectivity index (χ1v) is 6.64. The number of pyridine rings is 1. The van der Waals surface area contributed by atoms with Gasteiger partial charge in [0.1, 0.15) is 0 Å². The van der Waals surface area contributed by atoms with Gasteiger partial charge in [-0.25, -0.2) is 4.98 Å². The molecule has 84 valence electrons. The monoisotopic (exact) mass is 244 g/mol. The lowest BCUT2D eigenvalue weighted by Gasteiger charge is -2.02. The Morgan fingerprint density at radius 2 is 2.27 bits per heavy atom. The molecule has 0 aliphatic heterocycles. The van der Waals surface area contributed by atoms with Crippen molar-refractivity contribution in [1.82, 2.24) is 10.3 Å². The number of halogens is 1. The molecule has 1 rings (SSSR count). The predicted octanol–water partition coefficient (Wildman–Crippen LogP) is 3.22. The number of thioether (sulfide) groups is 1. The largest absolute Gasteiger partial charge is 0.317 e. The standard InChI is InChI=1S/C11H17ClN2S/c1-2-13-7-3-4-8-15-11-6-5-10(12)9-14-11/h5-6,9,13H,2-4,7-8H2,1H3. The van der Waals surface area contributed by atoms with Crippen LogP contribution in [0.2, 0.25) is 5.02 Å². The molecule has 4 heteroatoms. The smallest absolute Gasteiger partial charge is 0.0960 e. The predicted molar refractivity (Wildman–Crippen MR) is 67.7 cm³/mol. The van der Waals surface area contributed by atoms with Crippen LogP contribution in [0.15, 0.2) is 23.4 Å². The first-order valence-electron chi connectivity index (χ1n) is 5.28. The summed E-state index contributed by atoms with van der Waals surface area (Å²) in [5.41, 5.74) is 0. The van der Waals surface area contributed by atoms with E-state index in [9.17, 15) is 0 Å². The summed E-state index contributed by atoms with van der Waals surface area (Å²) in [5, 5.41) is 5.07. The number of hydrogen-bond acceptors (Lipinski definition) is 3. The topological polar surface area (TPSA) is 24.9 Å². The maximum Gasteiger partial charge on any atom is 0.0960 e. The molecule has 0 unspecified atom stereocenters. The van der Waals surface area contributed by atoms with E-state index in [1.54, 1.807) is 18.0 Å². The van der Waals surface area contributed by atoms with Gasteiger partial charge in [-0.05, 0) is 43.8 Å². The fourth-order valence-electron chi connectivity index (χ4n) is 1.15. The van der Waals surface area contributed by atoms with Crippen LogP contribution in [0.1, 0.15) is 19.8 Å². The van der Waals surface area contributed by atoms with Crippen molar-refractivity contribution in [1.29, 1.82) is 0 Å². The lowest BCUT2D eigenvalue weighted by Crippen LogP contribution is -2.13. The molecule has 0 aliphatic rings. The molecule has 1 aromatic heterocycles. The molecule has 0 amide bonds. The number of aromatic nitrogens is 1. The zero-order valence-electron chi connectivity index (χ0n) is 9.00. The third kappa shape index (κ3) is 6.03. The normalized spacial score (nSPS) is 10.5. The summed E-state index contributed by atoms with van der Waals surface area (Å²) < 4.78 is 0. The minimum atomic E-state index is 0.700. The average molecular weight is 245 g/mol. The second-order valence-corrected chi connectivity index (χ2v) is 4.78. The van der Waals surface area contributed by atoms with E-state index in [2.05, 4.69) is 17.2 Å². The zero-order chi connectivity index (χ0) is 10.9. The molecule has 0 bridgehead atoms. The number of hydrogen-bond donors (Lipinski definition) is 1. The number of nitrogens with zero attached hydrogens (tertiary/aromatic N) is 1. The van der Waals surface area contributed by atoms with Crippen molar-refractivity contribution in [2.24, 2.45) is 0 Å². The van der Waals surface area contributed by atoms with Crippen LogP contribution in [0.4, 0.5) is 0 Å². The Bertz CT molecular complexity index is 264. The Kier molecular flexibility index (Phi) is 6.81. The van der Waals surface area contributed by atoms with Crippen LogP contribution in [0.5, 0.6) is 0 Å². The molecule has 15 heavy (non-hydrogen) atoms. The molecular formula is C11H17ClN2S. The second kappa shape index (κ2) is 7.97. The lowest BCUT2D eigenvalue weighted by molar-refractivity contribution is 0.666. The maximum atomic E-state index is 5.75. The Morgan fingerprint density at radius 1 is 1.40 bits per heavy atom. The van der Waals surface area contributed by atoms with Crippen molar-refractivity contribution in [3.63, 3.8) is 0 Å². The average Bonchev–Trinajstić information content (AvgIpc) is 2.26. The second-order valence-electron chi connectivity index (χ2n) is 3.22. The Morgan fingerprint density at radius 3 is 2.93 bits per heavy atom. The number of nitrogens with one attached hydrogen (secondary N) is 1. The summed E-state index contributed by atoms with van der Waals surface area (Å²) in [5.74, 6) is 1.13. The minimum Gasteiger partial charge on any atom is -0.317 e. The highest BCUT2D eigenvalue weighted by Crippen LogP contribution is 2.18. The van der Waals surface area contributed by atoms with Crippen LogP contribution in [0, 0.1) is 0 Å². The third-order valence-electron chi connectivity index (χ3n) is 1.95. The Labute approximate surface area is 101 Å². The summed E-state index contributed by atoms with van der Waals surface area (Å²) in [6, 6.07) is 3.85. The van der Waals surface area contributed by atoms with Crippen molar-refractivity contribution in [3.8, 4) is 0 Å². The highest BCUT2D eigenvalue weighted by atomic mass is 35.5. The van der Waals surface area contributed by atoms with Crippen LogP contribution in [0.25, 0.3) is 0 Å². The van der Waals surface area contributed by atoms with Crippen molar-refractivity contribution >= 4 is 23.4 Å². The van der Waals surface area contributed by atoms with Gasteiger partial charge in [0, 0.05) is 6.20 Å². The van der Waals surface area contributed by atoms with E-state index in [1.165, 1.54) is 12.8 Å². The van der Waals surface area contributed by atoms with E-state index in [4.69, 9.17) is 11.6 Å². The van der Waals surface area contributed by atoms with E-state index < -0.39 is 0 Å². The summed E-state index contributed by atoms with van der Waals surface area (Å²) in [4.78, 5) is 4.23. The minimum absolute atomic E-state index is 0.700. The van der Waals surface area contributed by atoms with Crippen molar-refractivity contribution in [2.45, 2.75) is 24.8 Å². The zero-order valence-corrected chi connectivity index (χ0v) is 10.6. The molecule has 0 aliphatic carbocycles. The van der Waals surface area contributed by atoms with E-state index in [1.807, 2.05) is 12.1 Å².